The molecule has 88 valence electrons. The molecule has 2 rings (SSSR count). The molecule has 0 radical (unpaired) electrons. The third kappa shape index (κ3) is 1.62. The van der Waals surface area contributed by atoms with E-state index in [1.807, 2.05) is 19.9 Å². The van der Waals surface area contributed by atoms with Gasteiger partial charge in [-0.15, -0.1) is 0 Å². The molecule has 0 bridgehead atoms. The highest BCUT2D eigenvalue weighted by Crippen LogP contribution is 2.26. The zero-order chi connectivity index (χ0) is 12.6. The predicted octanol–water partition coefficient (Wildman–Crippen LogP) is 2.85. The fourth-order valence-corrected chi connectivity index (χ4v) is 2.22. The summed E-state index contributed by atoms with van der Waals surface area (Å²) in [7, 11) is 0. The Kier molecular flexibility index (Phi) is 2.71. The van der Waals surface area contributed by atoms with Crippen molar-refractivity contribution in [2.45, 2.75) is 20.3 Å². The molecule has 17 heavy (non-hydrogen) atoms. The topological polar surface area (TPSA) is 59.3 Å². The number of benzene rings is 1. The molecule has 4 heteroatoms. The lowest BCUT2D eigenvalue weighted by Crippen LogP contribution is -2.07. The zero-order valence-corrected chi connectivity index (χ0v) is 9.73. The number of fused-ring (bicyclic) bond motifs is 1. The highest BCUT2D eigenvalue weighted by Gasteiger charge is 2.14. The van der Waals surface area contributed by atoms with E-state index in [-0.39, 0.29) is 0 Å². The lowest BCUT2D eigenvalue weighted by molar-refractivity contribution is 0.112. The fourth-order valence-electron chi connectivity index (χ4n) is 2.22. The quantitative estimate of drug-likeness (QED) is 0.808. The summed E-state index contributed by atoms with van der Waals surface area (Å²) in [6.07, 6.45) is 1.99. The molecule has 1 aromatic carbocycles. The van der Waals surface area contributed by atoms with Gasteiger partial charge in [0.15, 0.2) is 6.29 Å². The maximum Gasteiger partial charge on any atom is 0.416 e. The summed E-state index contributed by atoms with van der Waals surface area (Å²) in [5, 5.41) is 9.77. The van der Waals surface area contributed by atoms with Crippen molar-refractivity contribution in [1.29, 1.82) is 0 Å². The summed E-state index contributed by atoms with van der Waals surface area (Å²) in [6, 6.07) is 3.56. The van der Waals surface area contributed by atoms with Gasteiger partial charge in [-0.3, -0.25) is 9.36 Å². The van der Waals surface area contributed by atoms with Gasteiger partial charge in [0.1, 0.15) is 0 Å². The summed E-state index contributed by atoms with van der Waals surface area (Å²) in [5.74, 6) is 0. The minimum absolute atomic E-state index is 0.591. The van der Waals surface area contributed by atoms with Crippen LogP contribution in [0.2, 0.25) is 0 Å². The van der Waals surface area contributed by atoms with E-state index >= 15 is 0 Å². The molecule has 2 aromatic rings. The van der Waals surface area contributed by atoms with Crippen molar-refractivity contribution < 1.29 is 14.7 Å². The number of carboxylic acid groups (broad SMARTS) is 1. The third-order valence-corrected chi connectivity index (χ3v) is 2.99. The van der Waals surface area contributed by atoms with Gasteiger partial charge < -0.3 is 5.11 Å². The maximum atomic E-state index is 11.1. The van der Waals surface area contributed by atoms with Crippen LogP contribution in [0.25, 0.3) is 10.9 Å². The molecule has 0 aliphatic carbocycles. The lowest BCUT2D eigenvalue weighted by Gasteiger charge is -2.08. The minimum Gasteiger partial charge on any atom is -0.464 e. The normalized spacial score (nSPS) is 10.7. The van der Waals surface area contributed by atoms with Crippen molar-refractivity contribution in [3.8, 4) is 0 Å². The summed E-state index contributed by atoms with van der Waals surface area (Å²) in [5.41, 5.74) is 3.01. The molecule has 0 saturated carbocycles. The van der Waals surface area contributed by atoms with Crippen LogP contribution in [0.4, 0.5) is 4.79 Å². The summed E-state index contributed by atoms with van der Waals surface area (Å²) in [6.45, 7) is 3.83. The average Bonchev–Trinajstić information content (AvgIpc) is 2.73. The number of carbonyl (C=O) groups is 2. The number of hydrogen-bond acceptors (Lipinski definition) is 2. The standard InChI is InChI=1S/C13H13NO3/c1-3-9-6-8(2)12-10(11(9)7-15)4-5-14(12)13(16)17/h4-7H,3H2,1-2H3,(H,16,17). The van der Waals surface area contributed by atoms with Gasteiger partial charge in [0, 0.05) is 17.1 Å². The molecular formula is C13H13NO3. The van der Waals surface area contributed by atoms with Gasteiger partial charge in [-0.2, -0.15) is 0 Å². The van der Waals surface area contributed by atoms with E-state index < -0.39 is 6.09 Å². The van der Waals surface area contributed by atoms with Crippen LogP contribution in [0, 0.1) is 6.92 Å². The Morgan fingerprint density at radius 2 is 2.24 bits per heavy atom. The Morgan fingerprint density at radius 3 is 2.76 bits per heavy atom. The fraction of sp³-hybridized carbons (Fsp3) is 0.231. The van der Waals surface area contributed by atoms with Crippen LogP contribution in [0.5, 0.6) is 0 Å². The average molecular weight is 231 g/mol. The molecule has 0 saturated heterocycles. The van der Waals surface area contributed by atoms with Gasteiger partial charge in [0.2, 0.25) is 0 Å². The van der Waals surface area contributed by atoms with Crippen molar-refractivity contribution in [2.24, 2.45) is 0 Å². The predicted molar refractivity (Wildman–Crippen MR) is 64.9 cm³/mol. The Bertz CT molecular complexity index is 611. The number of aryl methyl sites for hydroxylation is 2. The summed E-state index contributed by atoms with van der Waals surface area (Å²) >= 11 is 0. The molecule has 4 nitrogen and oxygen atoms in total. The Morgan fingerprint density at radius 1 is 1.53 bits per heavy atom. The number of hydrogen-bond donors (Lipinski definition) is 1. The Balaban J connectivity index is 2.91. The molecular weight excluding hydrogens is 218 g/mol. The molecule has 1 heterocycles. The number of aromatic nitrogens is 1. The van der Waals surface area contributed by atoms with Gasteiger partial charge in [0.05, 0.1) is 5.52 Å². The van der Waals surface area contributed by atoms with Crippen LogP contribution in [0.1, 0.15) is 28.4 Å². The van der Waals surface area contributed by atoms with Gasteiger partial charge in [-0.05, 0) is 30.5 Å². The van der Waals surface area contributed by atoms with Gasteiger partial charge in [0.25, 0.3) is 0 Å². The van der Waals surface area contributed by atoms with Gasteiger partial charge in [-0.1, -0.05) is 13.0 Å². The highest BCUT2D eigenvalue weighted by atomic mass is 16.4. The second-order valence-electron chi connectivity index (χ2n) is 3.97. The van der Waals surface area contributed by atoms with E-state index in [2.05, 4.69) is 0 Å². The number of carbonyl (C=O) groups excluding carboxylic acids is 1. The molecule has 0 spiro atoms. The first kappa shape index (κ1) is 11.4. The first-order valence-electron chi connectivity index (χ1n) is 5.42. The maximum absolute atomic E-state index is 11.1. The van der Waals surface area contributed by atoms with Crippen LogP contribution in [-0.4, -0.2) is 22.1 Å². The van der Waals surface area contributed by atoms with E-state index in [1.54, 1.807) is 6.07 Å². The van der Waals surface area contributed by atoms with E-state index in [0.29, 0.717) is 16.5 Å². The molecule has 1 N–H and O–H groups in total. The second-order valence-corrected chi connectivity index (χ2v) is 3.97. The smallest absolute Gasteiger partial charge is 0.416 e. The zero-order valence-electron chi connectivity index (χ0n) is 9.73. The first-order valence-corrected chi connectivity index (χ1v) is 5.42. The largest absolute Gasteiger partial charge is 0.464 e. The monoisotopic (exact) mass is 231 g/mol. The van der Waals surface area contributed by atoms with E-state index in [0.717, 1.165) is 28.4 Å². The molecule has 0 fully saturated rings. The van der Waals surface area contributed by atoms with E-state index in [1.165, 1.54) is 6.20 Å². The molecule has 0 atom stereocenters. The van der Waals surface area contributed by atoms with E-state index in [9.17, 15) is 9.59 Å². The second kappa shape index (κ2) is 4.05. The van der Waals surface area contributed by atoms with Gasteiger partial charge >= 0.3 is 6.09 Å². The molecule has 1 aromatic heterocycles. The van der Waals surface area contributed by atoms with Crippen LogP contribution < -0.4 is 0 Å². The SMILES string of the molecule is CCc1cc(C)c2c(ccn2C(=O)O)c1C=O. The number of nitrogens with zero attached hydrogens (tertiary/aromatic N) is 1. The van der Waals surface area contributed by atoms with Crippen molar-refractivity contribution in [2.75, 3.05) is 0 Å². The van der Waals surface area contributed by atoms with E-state index in [4.69, 9.17) is 5.11 Å². The molecule has 0 unspecified atom stereocenters. The highest BCUT2D eigenvalue weighted by molar-refractivity contribution is 6.02. The van der Waals surface area contributed by atoms with Crippen molar-refractivity contribution in [3.05, 3.63) is 35.0 Å². The number of rotatable bonds is 2. The first-order chi connectivity index (χ1) is 8.10. The third-order valence-electron chi connectivity index (χ3n) is 2.99. The van der Waals surface area contributed by atoms with Crippen LogP contribution in [0.3, 0.4) is 0 Å². The summed E-state index contributed by atoms with van der Waals surface area (Å²) < 4.78 is 1.15. The van der Waals surface area contributed by atoms with Crippen LogP contribution >= 0.6 is 0 Å². The summed E-state index contributed by atoms with van der Waals surface area (Å²) in [4.78, 5) is 22.2. The van der Waals surface area contributed by atoms with Crippen LogP contribution in [-0.2, 0) is 6.42 Å². The Hall–Kier alpha value is -2.10. The van der Waals surface area contributed by atoms with Gasteiger partial charge in [-0.25, -0.2) is 4.79 Å². The molecule has 0 amide bonds. The minimum atomic E-state index is -1.04. The van der Waals surface area contributed by atoms with Crippen molar-refractivity contribution in [3.63, 3.8) is 0 Å². The molecule has 0 aliphatic heterocycles. The van der Waals surface area contributed by atoms with Crippen LogP contribution in [0.15, 0.2) is 18.3 Å². The number of aldehydes is 1. The van der Waals surface area contributed by atoms with Crippen molar-refractivity contribution in [1.82, 2.24) is 4.57 Å². The molecule has 0 aliphatic rings. The Labute approximate surface area is 98.5 Å². The lowest BCUT2D eigenvalue weighted by atomic mass is 9.99. The van der Waals surface area contributed by atoms with Crippen molar-refractivity contribution >= 4 is 23.3 Å².